The Morgan fingerprint density at radius 3 is 2.24 bits per heavy atom. The Morgan fingerprint density at radius 2 is 1.76 bits per heavy atom. The molecule has 0 bridgehead atoms. The Bertz CT molecular complexity index is 330. The molecule has 1 N–H and O–H groups in total. The van der Waals surface area contributed by atoms with Crippen LogP contribution in [-0.4, -0.2) is 36.2 Å². The Hall–Kier alpha value is -1.39. The van der Waals surface area contributed by atoms with Gasteiger partial charge in [0.05, 0.1) is 11.8 Å². The van der Waals surface area contributed by atoms with Crippen LogP contribution in [0.5, 0.6) is 0 Å². The van der Waals surface area contributed by atoms with E-state index in [1.165, 1.54) is 4.90 Å². The number of nitrogens with one attached hydrogen (secondary N) is 1. The molecule has 2 aliphatic rings. The predicted molar refractivity (Wildman–Crippen MR) is 60.9 cm³/mol. The molecule has 1 saturated carbocycles. The summed E-state index contributed by atoms with van der Waals surface area (Å²) < 4.78 is 0. The highest BCUT2D eigenvalue weighted by atomic mass is 16.2. The monoisotopic (exact) mass is 238 g/mol. The van der Waals surface area contributed by atoms with E-state index < -0.39 is 0 Å². The summed E-state index contributed by atoms with van der Waals surface area (Å²) in [7, 11) is 1.55. The maximum absolute atomic E-state index is 12.0. The van der Waals surface area contributed by atoms with Gasteiger partial charge < -0.3 is 5.32 Å². The first-order valence-corrected chi connectivity index (χ1v) is 6.21. The Morgan fingerprint density at radius 1 is 1.24 bits per heavy atom. The third kappa shape index (κ3) is 2.18. The number of carbonyl (C=O) groups excluding carboxylic acids is 3. The second kappa shape index (κ2) is 4.85. The van der Waals surface area contributed by atoms with Crippen LogP contribution >= 0.6 is 0 Å². The van der Waals surface area contributed by atoms with Crippen LogP contribution in [0.15, 0.2) is 0 Å². The molecule has 2 atom stereocenters. The second-order valence-corrected chi connectivity index (χ2v) is 4.75. The number of likely N-dealkylation sites (tertiary alicyclic amines) is 1. The maximum Gasteiger partial charge on any atom is 0.233 e. The molecule has 1 aliphatic heterocycles. The highest BCUT2D eigenvalue weighted by molar-refractivity contribution is 6.05. The first-order chi connectivity index (χ1) is 8.15. The SMILES string of the molecule is CNC(=O)CCN1C(=O)[C@H]2CCCC[C@@H]2C1=O. The highest BCUT2D eigenvalue weighted by Gasteiger charge is 2.47. The van der Waals surface area contributed by atoms with Crippen molar-refractivity contribution in [2.45, 2.75) is 32.1 Å². The highest BCUT2D eigenvalue weighted by Crippen LogP contribution is 2.37. The van der Waals surface area contributed by atoms with Crippen LogP contribution in [0.2, 0.25) is 0 Å². The summed E-state index contributed by atoms with van der Waals surface area (Å²) in [5.74, 6) is -0.491. The van der Waals surface area contributed by atoms with E-state index in [4.69, 9.17) is 0 Å². The number of amides is 3. The van der Waals surface area contributed by atoms with Crippen molar-refractivity contribution in [3.05, 3.63) is 0 Å². The van der Waals surface area contributed by atoms with Crippen LogP contribution in [-0.2, 0) is 14.4 Å². The molecule has 0 radical (unpaired) electrons. The van der Waals surface area contributed by atoms with Crippen LogP contribution in [0.1, 0.15) is 32.1 Å². The van der Waals surface area contributed by atoms with Crippen molar-refractivity contribution in [1.82, 2.24) is 10.2 Å². The zero-order chi connectivity index (χ0) is 12.4. The number of carbonyl (C=O) groups is 3. The van der Waals surface area contributed by atoms with Crippen molar-refractivity contribution in [3.8, 4) is 0 Å². The van der Waals surface area contributed by atoms with Crippen molar-refractivity contribution >= 4 is 17.7 Å². The zero-order valence-electron chi connectivity index (χ0n) is 10.1. The van der Waals surface area contributed by atoms with E-state index in [1.54, 1.807) is 7.05 Å². The molecular weight excluding hydrogens is 220 g/mol. The summed E-state index contributed by atoms with van der Waals surface area (Å²) in [5, 5.41) is 2.49. The van der Waals surface area contributed by atoms with E-state index >= 15 is 0 Å². The number of nitrogens with zero attached hydrogens (tertiary/aromatic N) is 1. The molecule has 5 nitrogen and oxygen atoms in total. The normalized spacial score (nSPS) is 28.2. The molecule has 3 amide bonds. The molecule has 2 fully saturated rings. The van der Waals surface area contributed by atoms with E-state index in [-0.39, 0.29) is 42.5 Å². The standard InChI is InChI=1S/C12H18N2O3/c1-13-10(15)6-7-14-11(16)8-4-2-3-5-9(8)12(14)17/h8-9H,2-7H2,1H3,(H,13,15)/t8-,9-/m0/s1. The molecule has 94 valence electrons. The Kier molecular flexibility index (Phi) is 3.45. The fourth-order valence-corrected chi connectivity index (χ4v) is 2.79. The van der Waals surface area contributed by atoms with Crippen LogP contribution in [0.4, 0.5) is 0 Å². The van der Waals surface area contributed by atoms with E-state index in [9.17, 15) is 14.4 Å². The molecule has 5 heteroatoms. The maximum atomic E-state index is 12.0. The molecule has 1 heterocycles. The minimum absolute atomic E-state index is 0.0661. The van der Waals surface area contributed by atoms with Crippen LogP contribution in [0.3, 0.4) is 0 Å². The van der Waals surface area contributed by atoms with Gasteiger partial charge in [-0.1, -0.05) is 12.8 Å². The zero-order valence-corrected chi connectivity index (χ0v) is 10.1. The third-order valence-electron chi connectivity index (χ3n) is 3.77. The van der Waals surface area contributed by atoms with E-state index in [2.05, 4.69) is 5.32 Å². The van der Waals surface area contributed by atoms with Gasteiger partial charge in [-0.2, -0.15) is 0 Å². The fourth-order valence-electron chi connectivity index (χ4n) is 2.79. The lowest BCUT2D eigenvalue weighted by molar-refractivity contribution is -0.140. The van der Waals surface area contributed by atoms with Gasteiger partial charge in [-0.15, -0.1) is 0 Å². The minimum Gasteiger partial charge on any atom is -0.359 e. The van der Waals surface area contributed by atoms with Crippen molar-refractivity contribution in [2.24, 2.45) is 11.8 Å². The summed E-state index contributed by atoms with van der Waals surface area (Å²) >= 11 is 0. The average molecular weight is 238 g/mol. The van der Waals surface area contributed by atoms with Gasteiger partial charge in [0.15, 0.2) is 0 Å². The summed E-state index contributed by atoms with van der Waals surface area (Å²) in [4.78, 5) is 36.5. The van der Waals surface area contributed by atoms with Gasteiger partial charge in [-0.05, 0) is 12.8 Å². The summed E-state index contributed by atoms with van der Waals surface area (Å²) in [6, 6.07) is 0. The lowest BCUT2D eigenvalue weighted by Gasteiger charge is -2.19. The van der Waals surface area contributed by atoms with E-state index in [1.807, 2.05) is 0 Å². The van der Waals surface area contributed by atoms with Gasteiger partial charge in [-0.25, -0.2) is 0 Å². The molecule has 2 rings (SSSR count). The Balaban J connectivity index is 2.00. The molecule has 0 unspecified atom stereocenters. The van der Waals surface area contributed by atoms with E-state index in [0.29, 0.717) is 0 Å². The average Bonchev–Trinajstić information content (AvgIpc) is 2.60. The number of hydrogen-bond acceptors (Lipinski definition) is 3. The smallest absolute Gasteiger partial charge is 0.233 e. The third-order valence-corrected chi connectivity index (χ3v) is 3.77. The number of hydrogen-bond donors (Lipinski definition) is 1. The van der Waals surface area contributed by atoms with Gasteiger partial charge in [0.1, 0.15) is 0 Å². The molecule has 0 aromatic carbocycles. The largest absolute Gasteiger partial charge is 0.359 e. The van der Waals surface area contributed by atoms with Gasteiger partial charge >= 0.3 is 0 Å². The fraction of sp³-hybridized carbons (Fsp3) is 0.750. The van der Waals surface area contributed by atoms with Crippen molar-refractivity contribution in [1.29, 1.82) is 0 Å². The second-order valence-electron chi connectivity index (χ2n) is 4.75. The first kappa shape index (κ1) is 12.1. The number of rotatable bonds is 3. The van der Waals surface area contributed by atoms with Crippen molar-refractivity contribution < 1.29 is 14.4 Å². The Labute approximate surface area is 101 Å². The van der Waals surface area contributed by atoms with Gasteiger partial charge in [0, 0.05) is 20.0 Å². The molecule has 0 aromatic heterocycles. The molecular formula is C12H18N2O3. The first-order valence-electron chi connectivity index (χ1n) is 6.21. The van der Waals surface area contributed by atoms with Gasteiger partial charge in [-0.3, -0.25) is 19.3 Å². The van der Waals surface area contributed by atoms with Crippen molar-refractivity contribution in [3.63, 3.8) is 0 Å². The van der Waals surface area contributed by atoms with Crippen molar-refractivity contribution in [2.75, 3.05) is 13.6 Å². The lowest BCUT2D eigenvalue weighted by Crippen LogP contribution is -2.34. The van der Waals surface area contributed by atoms with Crippen LogP contribution in [0, 0.1) is 11.8 Å². The van der Waals surface area contributed by atoms with Crippen LogP contribution in [0.25, 0.3) is 0 Å². The summed E-state index contributed by atoms with van der Waals surface area (Å²) in [5.41, 5.74) is 0. The lowest BCUT2D eigenvalue weighted by atomic mass is 9.81. The van der Waals surface area contributed by atoms with Crippen LogP contribution < -0.4 is 5.32 Å². The summed E-state index contributed by atoms with van der Waals surface area (Å²) in [6.45, 7) is 0.227. The molecule has 0 aromatic rings. The molecule has 1 saturated heterocycles. The predicted octanol–water partition coefficient (Wildman–Crippen LogP) is 0.298. The minimum atomic E-state index is -0.138. The molecule has 0 spiro atoms. The topological polar surface area (TPSA) is 66.5 Å². The quantitative estimate of drug-likeness (QED) is 0.719. The van der Waals surface area contributed by atoms with E-state index in [0.717, 1.165) is 25.7 Å². The number of imide groups is 1. The molecule has 17 heavy (non-hydrogen) atoms. The number of fused-ring (bicyclic) bond motifs is 1. The summed E-state index contributed by atoms with van der Waals surface area (Å²) in [6.07, 6.45) is 3.91. The van der Waals surface area contributed by atoms with Gasteiger partial charge in [0.2, 0.25) is 17.7 Å². The molecule has 1 aliphatic carbocycles. The van der Waals surface area contributed by atoms with Gasteiger partial charge in [0.25, 0.3) is 0 Å².